The Hall–Kier alpha value is -1.35. The van der Waals surface area contributed by atoms with Crippen LogP contribution >= 0.6 is 0 Å². The summed E-state index contributed by atoms with van der Waals surface area (Å²) in [4.78, 5) is 11.3. The SMILES string of the molecule is COC(=O)c1cccc(CNC(C)C)c1. The third kappa shape index (κ3) is 3.72. The Morgan fingerprint density at radius 3 is 2.80 bits per heavy atom. The van der Waals surface area contributed by atoms with Crippen LogP contribution in [0.3, 0.4) is 0 Å². The summed E-state index contributed by atoms with van der Waals surface area (Å²) in [7, 11) is 1.39. The van der Waals surface area contributed by atoms with Crippen molar-refractivity contribution in [2.24, 2.45) is 0 Å². The zero-order chi connectivity index (χ0) is 11.3. The van der Waals surface area contributed by atoms with Crippen molar-refractivity contribution in [2.75, 3.05) is 7.11 Å². The fraction of sp³-hybridized carbons (Fsp3) is 0.417. The van der Waals surface area contributed by atoms with Crippen LogP contribution in [0.5, 0.6) is 0 Å². The van der Waals surface area contributed by atoms with Crippen LogP contribution in [0, 0.1) is 0 Å². The normalized spacial score (nSPS) is 10.4. The summed E-state index contributed by atoms with van der Waals surface area (Å²) in [6.45, 7) is 4.94. The number of ether oxygens (including phenoxy) is 1. The number of rotatable bonds is 4. The van der Waals surface area contributed by atoms with Gasteiger partial charge in [-0.15, -0.1) is 0 Å². The third-order valence-corrected chi connectivity index (χ3v) is 2.06. The van der Waals surface area contributed by atoms with Crippen molar-refractivity contribution in [3.63, 3.8) is 0 Å². The van der Waals surface area contributed by atoms with Gasteiger partial charge in [0.05, 0.1) is 12.7 Å². The predicted octanol–water partition coefficient (Wildman–Crippen LogP) is 1.97. The molecule has 0 bridgehead atoms. The van der Waals surface area contributed by atoms with Crippen LogP contribution in [0.25, 0.3) is 0 Å². The van der Waals surface area contributed by atoms with Gasteiger partial charge in [-0.1, -0.05) is 26.0 Å². The zero-order valence-corrected chi connectivity index (χ0v) is 9.41. The van der Waals surface area contributed by atoms with E-state index in [0.717, 1.165) is 12.1 Å². The van der Waals surface area contributed by atoms with Gasteiger partial charge in [0.25, 0.3) is 0 Å². The van der Waals surface area contributed by atoms with Crippen LogP contribution in [-0.4, -0.2) is 19.1 Å². The molecule has 1 aromatic carbocycles. The smallest absolute Gasteiger partial charge is 0.337 e. The maximum absolute atomic E-state index is 11.3. The average Bonchev–Trinajstić information content (AvgIpc) is 2.25. The van der Waals surface area contributed by atoms with Gasteiger partial charge in [0.2, 0.25) is 0 Å². The second-order valence-electron chi connectivity index (χ2n) is 3.73. The molecule has 0 saturated carbocycles. The van der Waals surface area contributed by atoms with E-state index in [-0.39, 0.29) is 5.97 Å². The van der Waals surface area contributed by atoms with Crippen molar-refractivity contribution in [2.45, 2.75) is 26.4 Å². The first kappa shape index (κ1) is 11.7. The van der Waals surface area contributed by atoms with Crippen LogP contribution in [0.15, 0.2) is 24.3 Å². The van der Waals surface area contributed by atoms with Gasteiger partial charge >= 0.3 is 5.97 Å². The molecule has 0 spiro atoms. The van der Waals surface area contributed by atoms with Gasteiger partial charge in [0.1, 0.15) is 0 Å². The van der Waals surface area contributed by atoms with Crippen molar-refractivity contribution >= 4 is 5.97 Å². The van der Waals surface area contributed by atoms with Crippen LogP contribution in [0.4, 0.5) is 0 Å². The van der Waals surface area contributed by atoms with Gasteiger partial charge in [-0.25, -0.2) is 4.79 Å². The maximum Gasteiger partial charge on any atom is 0.337 e. The molecule has 1 aromatic rings. The molecule has 0 atom stereocenters. The minimum Gasteiger partial charge on any atom is -0.465 e. The van der Waals surface area contributed by atoms with E-state index in [2.05, 4.69) is 23.9 Å². The fourth-order valence-electron chi connectivity index (χ4n) is 1.25. The minimum atomic E-state index is -0.290. The highest BCUT2D eigenvalue weighted by atomic mass is 16.5. The number of hydrogen-bond donors (Lipinski definition) is 1. The Morgan fingerprint density at radius 1 is 1.47 bits per heavy atom. The van der Waals surface area contributed by atoms with E-state index in [1.165, 1.54) is 7.11 Å². The Morgan fingerprint density at radius 2 is 2.20 bits per heavy atom. The van der Waals surface area contributed by atoms with E-state index >= 15 is 0 Å². The van der Waals surface area contributed by atoms with Crippen LogP contribution in [0.1, 0.15) is 29.8 Å². The second-order valence-corrected chi connectivity index (χ2v) is 3.73. The van der Waals surface area contributed by atoms with Gasteiger partial charge in [-0.05, 0) is 17.7 Å². The lowest BCUT2D eigenvalue weighted by atomic mass is 10.1. The van der Waals surface area contributed by atoms with Gasteiger partial charge in [-0.2, -0.15) is 0 Å². The molecule has 0 unspecified atom stereocenters. The number of nitrogens with one attached hydrogen (secondary N) is 1. The number of hydrogen-bond acceptors (Lipinski definition) is 3. The van der Waals surface area contributed by atoms with Crippen LogP contribution < -0.4 is 5.32 Å². The molecule has 82 valence electrons. The number of carbonyl (C=O) groups is 1. The molecule has 0 aliphatic carbocycles. The molecule has 15 heavy (non-hydrogen) atoms. The molecular weight excluding hydrogens is 190 g/mol. The molecule has 3 nitrogen and oxygen atoms in total. The second kappa shape index (κ2) is 5.51. The largest absolute Gasteiger partial charge is 0.465 e. The van der Waals surface area contributed by atoms with Crippen molar-refractivity contribution in [3.05, 3.63) is 35.4 Å². The summed E-state index contributed by atoms with van der Waals surface area (Å²) in [6, 6.07) is 7.89. The lowest BCUT2D eigenvalue weighted by molar-refractivity contribution is 0.0600. The molecule has 0 fully saturated rings. The molecule has 1 N–H and O–H groups in total. The molecule has 0 aromatic heterocycles. The standard InChI is InChI=1S/C12H17NO2/c1-9(2)13-8-10-5-4-6-11(7-10)12(14)15-3/h4-7,9,13H,8H2,1-3H3. The minimum absolute atomic E-state index is 0.290. The highest BCUT2D eigenvalue weighted by Crippen LogP contribution is 2.06. The first-order valence-electron chi connectivity index (χ1n) is 5.04. The van der Waals surface area contributed by atoms with E-state index < -0.39 is 0 Å². The molecule has 0 saturated heterocycles. The quantitative estimate of drug-likeness (QED) is 0.767. The summed E-state index contributed by atoms with van der Waals surface area (Å²) >= 11 is 0. The van der Waals surface area contributed by atoms with Crippen molar-refractivity contribution in [1.29, 1.82) is 0 Å². The molecule has 0 amide bonds. The van der Waals surface area contributed by atoms with Crippen LogP contribution in [0.2, 0.25) is 0 Å². The zero-order valence-electron chi connectivity index (χ0n) is 9.41. The average molecular weight is 207 g/mol. The van der Waals surface area contributed by atoms with Crippen molar-refractivity contribution in [3.8, 4) is 0 Å². The van der Waals surface area contributed by atoms with Crippen molar-refractivity contribution in [1.82, 2.24) is 5.32 Å². The number of benzene rings is 1. The summed E-state index contributed by atoms with van der Waals surface area (Å²) in [5.41, 5.74) is 1.69. The lowest BCUT2D eigenvalue weighted by Gasteiger charge is -2.08. The topological polar surface area (TPSA) is 38.3 Å². The summed E-state index contributed by atoms with van der Waals surface area (Å²) < 4.78 is 4.66. The molecule has 3 heteroatoms. The first-order valence-corrected chi connectivity index (χ1v) is 5.04. The third-order valence-electron chi connectivity index (χ3n) is 2.06. The van der Waals surface area contributed by atoms with Gasteiger partial charge in [0.15, 0.2) is 0 Å². The number of esters is 1. The summed E-state index contributed by atoms with van der Waals surface area (Å²) in [5, 5.41) is 3.29. The molecule has 0 aliphatic rings. The molecule has 1 rings (SSSR count). The van der Waals surface area contributed by atoms with Crippen molar-refractivity contribution < 1.29 is 9.53 Å². The Balaban J connectivity index is 2.70. The first-order chi connectivity index (χ1) is 7.13. The molecular formula is C12H17NO2. The Kier molecular flexibility index (Phi) is 4.31. The van der Waals surface area contributed by atoms with Gasteiger partial charge < -0.3 is 10.1 Å². The monoisotopic (exact) mass is 207 g/mol. The van der Waals surface area contributed by atoms with Gasteiger partial charge in [0, 0.05) is 12.6 Å². The number of carbonyl (C=O) groups excluding carboxylic acids is 1. The number of methoxy groups -OCH3 is 1. The van der Waals surface area contributed by atoms with Crippen LogP contribution in [-0.2, 0) is 11.3 Å². The lowest BCUT2D eigenvalue weighted by Crippen LogP contribution is -2.21. The predicted molar refractivity (Wildman–Crippen MR) is 59.8 cm³/mol. The fourth-order valence-corrected chi connectivity index (χ4v) is 1.25. The van der Waals surface area contributed by atoms with E-state index in [1.807, 2.05) is 18.2 Å². The maximum atomic E-state index is 11.3. The highest BCUT2D eigenvalue weighted by Gasteiger charge is 2.05. The Labute approximate surface area is 90.4 Å². The molecule has 0 heterocycles. The van der Waals surface area contributed by atoms with Gasteiger partial charge in [-0.3, -0.25) is 0 Å². The van der Waals surface area contributed by atoms with E-state index in [0.29, 0.717) is 11.6 Å². The van der Waals surface area contributed by atoms with E-state index in [4.69, 9.17) is 0 Å². The molecule has 0 aliphatic heterocycles. The Bertz CT molecular complexity index is 334. The molecule has 0 radical (unpaired) electrons. The van der Waals surface area contributed by atoms with E-state index in [1.54, 1.807) is 6.07 Å². The summed E-state index contributed by atoms with van der Waals surface area (Å²) in [5.74, 6) is -0.290. The highest BCUT2D eigenvalue weighted by molar-refractivity contribution is 5.89. The summed E-state index contributed by atoms with van der Waals surface area (Å²) in [6.07, 6.45) is 0. The van der Waals surface area contributed by atoms with E-state index in [9.17, 15) is 4.79 Å².